The standard InChI is InChI=1S/C11H18N2S/c1-13-6-3-10(8-13)7-12-9-11(14-2)4-5-11/h3,6,8,12H,4-5,7,9H2,1-2H3. The molecular formula is C11H18N2S. The molecule has 3 heteroatoms. The number of aromatic nitrogens is 1. The van der Waals surface area contributed by atoms with Gasteiger partial charge in [-0.05, 0) is 30.7 Å². The zero-order valence-corrected chi connectivity index (χ0v) is 9.73. The van der Waals surface area contributed by atoms with Gasteiger partial charge in [-0.25, -0.2) is 0 Å². The van der Waals surface area contributed by atoms with Crippen LogP contribution in [0, 0.1) is 0 Å². The average molecular weight is 210 g/mol. The van der Waals surface area contributed by atoms with Crippen molar-refractivity contribution in [2.45, 2.75) is 24.1 Å². The molecule has 14 heavy (non-hydrogen) atoms. The van der Waals surface area contributed by atoms with Crippen LogP contribution in [0.1, 0.15) is 18.4 Å². The SMILES string of the molecule is CSC1(CNCc2ccn(C)c2)CC1. The van der Waals surface area contributed by atoms with Crippen LogP contribution < -0.4 is 5.32 Å². The predicted molar refractivity (Wildman–Crippen MR) is 62.6 cm³/mol. The number of nitrogens with zero attached hydrogens (tertiary/aromatic N) is 1. The van der Waals surface area contributed by atoms with E-state index in [9.17, 15) is 0 Å². The van der Waals surface area contributed by atoms with E-state index in [0.717, 1.165) is 13.1 Å². The molecule has 0 radical (unpaired) electrons. The quantitative estimate of drug-likeness (QED) is 0.800. The molecule has 0 bridgehead atoms. The average Bonchev–Trinajstić information content (AvgIpc) is 2.84. The van der Waals surface area contributed by atoms with Crippen LogP contribution in [0.3, 0.4) is 0 Å². The minimum Gasteiger partial charge on any atom is -0.357 e. The molecule has 0 aromatic carbocycles. The van der Waals surface area contributed by atoms with Gasteiger partial charge in [0.05, 0.1) is 0 Å². The van der Waals surface area contributed by atoms with Gasteiger partial charge in [0.15, 0.2) is 0 Å². The van der Waals surface area contributed by atoms with E-state index in [4.69, 9.17) is 0 Å². The third kappa shape index (κ3) is 2.34. The van der Waals surface area contributed by atoms with Gasteiger partial charge in [-0.1, -0.05) is 0 Å². The second kappa shape index (κ2) is 3.99. The highest BCUT2D eigenvalue weighted by Crippen LogP contribution is 2.46. The lowest BCUT2D eigenvalue weighted by molar-refractivity contribution is 0.662. The van der Waals surface area contributed by atoms with Crippen LogP contribution in [0.5, 0.6) is 0 Å². The Labute approximate surface area is 90.1 Å². The fourth-order valence-corrected chi connectivity index (χ4v) is 2.45. The van der Waals surface area contributed by atoms with E-state index < -0.39 is 0 Å². The Hall–Kier alpha value is -0.410. The first-order valence-corrected chi connectivity index (χ1v) is 6.33. The summed E-state index contributed by atoms with van der Waals surface area (Å²) >= 11 is 2.01. The number of nitrogens with one attached hydrogen (secondary N) is 1. The molecule has 1 aromatic rings. The lowest BCUT2D eigenvalue weighted by atomic mass is 10.3. The van der Waals surface area contributed by atoms with Crippen molar-refractivity contribution >= 4 is 11.8 Å². The summed E-state index contributed by atoms with van der Waals surface area (Å²) in [4.78, 5) is 0. The van der Waals surface area contributed by atoms with Gasteiger partial charge in [0.2, 0.25) is 0 Å². The Kier molecular flexibility index (Phi) is 2.88. The molecule has 1 heterocycles. The number of rotatable bonds is 5. The maximum absolute atomic E-state index is 3.53. The molecular weight excluding hydrogens is 192 g/mol. The van der Waals surface area contributed by atoms with Gasteiger partial charge >= 0.3 is 0 Å². The normalized spacial score (nSPS) is 18.4. The minimum atomic E-state index is 0.578. The van der Waals surface area contributed by atoms with E-state index in [1.54, 1.807) is 0 Å². The number of hydrogen-bond acceptors (Lipinski definition) is 2. The topological polar surface area (TPSA) is 17.0 Å². The number of thioether (sulfide) groups is 1. The van der Waals surface area contributed by atoms with Crippen LogP contribution in [0.15, 0.2) is 18.5 Å². The first kappa shape index (κ1) is 10.1. The summed E-state index contributed by atoms with van der Waals surface area (Å²) in [6, 6.07) is 2.17. The predicted octanol–water partition coefficient (Wildman–Crippen LogP) is 2.01. The number of hydrogen-bond donors (Lipinski definition) is 1. The highest BCUT2D eigenvalue weighted by Gasteiger charge is 2.41. The van der Waals surface area contributed by atoms with Crippen molar-refractivity contribution in [3.05, 3.63) is 24.0 Å². The molecule has 1 N–H and O–H groups in total. The third-order valence-electron chi connectivity index (χ3n) is 2.91. The maximum Gasteiger partial charge on any atom is 0.0282 e. The van der Waals surface area contributed by atoms with Gasteiger partial charge in [-0.3, -0.25) is 0 Å². The highest BCUT2D eigenvalue weighted by molar-refractivity contribution is 8.00. The molecule has 0 unspecified atom stereocenters. The van der Waals surface area contributed by atoms with Gasteiger partial charge in [0.1, 0.15) is 0 Å². The van der Waals surface area contributed by atoms with Crippen molar-refractivity contribution in [2.24, 2.45) is 7.05 Å². The molecule has 1 saturated carbocycles. The van der Waals surface area contributed by atoms with E-state index in [1.807, 2.05) is 11.8 Å². The van der Waals surface area contributed by atoms with Gasteiger partial charge < -0.3 is 9.88 Å². The van der Waals surface area contributed by atoms with Crippen LogP contribution in [0.25, 0.3) is 0 Å². The first-order chi connectivity index (χ1) is 6.74. The van der Waals surface area contributed by atoms with Gasteiger partial charge in [-0.2, -0.15) is 11.8 Å². The third-order valence-corrected chi connectivity index (χ3v) is 4.33. The molecule has 0 saturated heterocycles. The monoisotopic (exact) mass is 210 g/mol. The fraction of sp³-hybridized carbons (Fsp3) is 0.636. The van der Waals surface area contributed by atoms with Crippen LogP contribution >= 0.6 is 11.8 Å². The fourth-order valence-electron chi connectivity index (χ4n) is 1.69. The van der Waals surface area contributed by atoms with Crippen molar-refractivity contribution in [3.8, 4) is 0 Å². The van der Waals surface area contributed by atoms with Crippen LogP contribution in [-0.2, 0) is 13.6 Å². The lowest BCUT2D eigenvalue weighted by Crippen LogP contribution is -2.25. The van der Waals surface area contributed by atoms with Gasteiger partial charge in [0, 0.05) is 37.3 Å². The van der Waals surface area contributed by atoms with Gasteiger partial charge in [0.25, 0.3) is 0 Å². The summed E-state index contributed by atoms with van der Waals surface area (Å²) in [5.41, 5.74) is 1.38. The molecule has 1 aromatic heterocycles. The Balaban J connectivity index is 1.73. The molecule has 1 aliphatic carbocycles. The Morgan fingerprint density at radius 3 is 2.86 bits per heavy atom. The molecule has 0 atom stereocenters. The summed E-state index contributed by atoms with van der Waals surface area (Å²) in [6.45, 7) is 2.16. The molecule has 0 spiro atoms. The summed E-state index contributed by atoms with van der Waals surface area (Å²) in [6.07, 6.45) is 9.26. The highest BCUT2D eigenvalue weighted by atomic mass is 32.2. The molecule has 1 fully saturated rings. The van der Waals surface area contributed by atoms with Crippen LogP contribution in [0.2, 0.25) is 0 Å². The largest absolute Gasteiger partial charge is 0.357 e. The molecule has 0 amide bonds. The summed E-state index contributed by atoms with van der Waals surface area (Å²) in [5, 5.41) is 3.53. The van der Waals surface area contributed by atoms with Gasteiger partial charge in [-0.15, -0.1) is 0 Å². The van der Waals surface area contributed by atoms with Crippen LogP contribution in [-0.4, -0.2) is 22.1 Å². The van der Waals surface area contributed by atoms with Crippen LogP contribution in [0.4, 0.5) is 0 Å². The second-order valence-electron chi connectivity index (χ2n) is 4.18. The maximum atomic E-state index is 3.53. The van der Waals surface area contributed by atoms with E-state index in [-0.39, 0.29) is 0 Å². The van der Waals surface area contributed by atoms with E-state index in [2.05, 4.69) is 41.6 Å². The Morgan fingerprint density at radius 1 is 1.57 bits per heavy atom. The summed E-state index contributed by atoms with van der Waals surface area (Å²) < 4.78 is 2.67. The minimum absolute atomic E-state index is 0.578. The molecule has 2 nitrogen and oxygen atoms in total. The Morgan fingerprint density at radius 2 is 2.36 bits per heavy atom. The molecule has 0 aliphatic heterocycles. The zero-order chi connectivity index (χ0) is 10.0. The molecule has 1 aliphatic rings. The molecule has 78 valence electrons. The molecule has 2 rings (SSSR count). The van der Waals surface area contributed by atoms with Crippen molar-refractivity contribution in [1.29, 1.82) is 0 Å². The smallest absolute Gasteiger partial charge is 0.0282 e. The van der Waals surface area contributed by atoms with Crippen molar-refractivity contribution < 1.29 is 0 Å². The first-order valence-electron chi connectivity index (χ1n) is 5.11. The zero-order valence-electron chi connectivity index (χ0n) is 8.92. The second-order valence-corrected chi connectivity index (χ2v) is 5.45. The van der Waals surface area contributed by atoms with Crippen molar-refractivity contribution in [1.82, 2.24) is 9.88 Å². The van der Waals surface area contributed by atoms with E-state index in [1.165, 1.54) is 18.4 Å². The lowest BCUT2D eigenvalue weighted by Gasteiger charge is -2.12. The van der Waals surface area contributed by atoms with E-state index in [0.29, 0.717) is 4.75 Å². The Bertz CT molecular complexity index is 302. The summed E-state index contributed by atoms with van der Waals surface area (Å²) in [7, 11) is 2.06. The number of aryl methyl sites for hydroxylation is 1. The van der Waals surface area contributed by atoms with Crippen molar-refractivity contribution in [3.63, 3.8) is 0 Å². The van der Waals surface area contributed by atoms with E-state index >= 15 is 0 Å². The summed E-state index contributed by atoms with van der Waals surface area (Å²) in [5.74, 6) is 0. The van der Waals surface area contributed by atoms with Crippen molar-refractivity contribution in [2.75, 3.05) is 12.8 Å².